The Hall–Kier alpha value is -4.11. The Morgan fingerprint density at radius 2 is 1.81 bits per heavy atom. The van der Waals surface area contributed by atoms with E-state index in [1.807, 2.05) is 0 Å². The largest absolute Gasteiger partial charge is 0.508 e. The first-order valence-corrected chi connectivity index (χ1v) is 9.68. The normalized spacial score (nSPS) is 17.3. The number of phenols is 3. The van der Waals surface area contributed by atoms with E-state index in [9.17, 15) is 25.2 Å². The summed E-state index contributed by atoms with van der Waals surface area (Å²) in [4.78, 5) is 12.4. The highest BCUT2D eigenvalue weighted by atomic mass is 16.6. The summed E-state index contributed by atoms with van der Waals surface area (Å²) >= 11 is 0. The molecule has 2 heterocycles. The second-order valence-electron chi connectivity index (χ2n) is 7.32. The smallest absolute Gasteiger partial charge is 0.344 e. The Kier molecular flexibility index (Phi) is 4.49. The van der Waals surface area contributed by atoms with Crippen molar-refractivity contribution in [2.24, 2.45) is 0 Å². The van der Waals surface area contributed by atoms with E-state index in [1.54, 1.807) is 6.07 Å². The molecule has 1 aliphatic heterocycles. The SMILES string of the molecule is COc1c(O)ccc2c1OC(CO)C2Oc1ccc2c(=O)oc3cc(O)ccc3c2c1O. The standard InChI is InChI=1S/C23H18O9/c1-29-22-14(26)6-4-13-20(17(9-24)31-21(13)22)30-15-7-5-12-18(19(15)27)11-3-2-10(25)8-16(11)32-23(12)28/h2-8,17,20,24-27H,9H2,1H3. The lowest BCUT2D eigenvalue weighted by Crippen LogP contribution is -2.27. The number of phenolic OH excluding ortho intramolecular Hbond substituents is 3. The van der Waals surface area contributed by atoms with Gasteiger partial charge in [-0.05, 0) is 36.4 Å². The molecule has 0 aliphatic carbocycles. The average Bonchev–Trinajstić information content (AvgIpc) is 3.12. The van der Waals surface area contributed by atoms with Crippen molar-refractivity contribution in [1.82, 2.24) is 0 Å². The molecule has 9 nitrogen and oxygen atoms in total. The van der Waals surface area contributed by atoms with Crippen LogP contribution in [0, 0.1) is 0 Å². The Balaban J connectivity index is 1.66. The van der Waals surface area contributed by atoms with E-state index in [-0.39, 0.29) is 50.9 Å². The zero-order chi connectivity index (χ0) is 22.6. The van der Waals surface area contributed by atoms with Gasteiger partial charge in [0, 0.05) is 22.4 Å². The molecule has 0 fully saturated rings. The maximum Gasteiger partial charge on any atom is 0.344 e. The molecule has 0 amide bonds. The first-order chi connectivity index (χ1) is 15.4. The molecule has 9 heteroatoms. The third-order valence-corrected chi connectivity index (χ3v) is 5.47. The van der Waals surface area contributed by atoms with Crippen molar-refractivity contribution in [2.75, 3.05) is 13.7 Å². The van der Waals surface area contributed by atoms with Crippen molar-refractivity contribution < 1.29 is 39.1 Å². The zero-order valence-corrected chi connectivity index (χ0v) is 16.7. The van der Waals surface area contributed by atoms with E-state index in [1.165, 1.54) is 43.5 Å². The highest BCUT2D eigenvalue weighted by Crippen LogP contribution is 2.50. The molecule has 4 aromatic rings. The fourth-order valence-corrected chi connectivity index (χ4v) is 4.00. The van der Waals surface area contributed by atoms with Gasteiger partial charge in [-0.1, -0.05) is 0 Å². The van der Waals surface area contributed by atoms with Crippen molar-refractivity contribution in [1.29, 1.82) is 0 Å². The molecule has 0 spiro atoms. The summed E-state index contributed by atoms with van der Waals surface area (Å²) < 4.78 is 22.2. The molecule has 1 aromatic heterocycles. The van der Waals surface area contributed by atoms with Gasteiger partial charge in [0.15, 0.2) is 35.2 Å². The molecule has 4 N–H and O–H groups in total. The van der Waals surface area contributed by atoms with Crippen LogP contribution < -0.4 is 19.8 Å². The van der Waals surface area contributed by atoms with Crippen LogP contribution >= 0.6 is 0 Å². The fourth-order valence-electron chi connectivity index (χ4n) is 4.00. The van der Waals surface area contributed by atoms with E-state index in [2.05, 4.69) is 0 Å². The van der Waals surface area contributed by atoms with Crippen molar-refractivity contribution in [3.63, 3.8) is 0 Å². The van der Waals surface area contributed by atoms with Gasteiger partial charge in [-0.2, -0.15) is 0 Å². The Bertz CT molecular complexity index is 1420. The minimum atomic E-state index is -0.830. The van der Waals surface area contributed by atoms with Crippen LogP contribution in [0.5, 0.6) is 34.5 Å². The molecule has 32 heavy (non-hydrogen) atoms. The third kappa shape index (κ3) is 2.86. The van der Waals surface area contributed by atoms with E-state index >= 15 is 0 Å². The topological polar surface area (TPSA) is 139 Å². The molecule has 0 saturated carbocycles. The lowest BCUT2D eigenvalue weighted by Gasteiger charge is -2.20. The van der Waals surface area contributed by atoms with Crippen LogP contribution in [0.2, 0.25) is 0 Å². The molecule has 0 radical (unpaired) electrons. The number of fused-ring (bicyclic) bond motifs is 4. The molecular weight excluding hydrogens is 420 g/mol. The molecule has 164 valence electrons. The summed E-state index contributed by atoms with van der Waals surface area (Å²) in [5.74, 6) is -0.129. The molecule has 3 aromatic carbocycles. The Morgan fingerprint density at radius 1 is 1.03 bits per heavy atom. The van der Waals surface area contributed by atoms with E-state index in [4.69, 9.17) is 18.6 Å². The predicted octanol–water partition coefficient (Wildman–Crippen LogP) is 2.95. The van der Waals surface area contributed by atoms with Crippen LogP contribution in [0.25, 0.3) is 21.7 Å². The Labute approximate surface area is 180 Å². The summed E-state index contributed by atoms with van der Waals surface area (Å²) in [6.07, 6.45) is -1.66. The second kappa shape index (κ2) is 7.24. The van der Waals surface area contributed by atoms with Crippen molar-refractivity contribution in [3.05, 3.63) is 58.4 Å². The molecule has 0 saturated heterocycles. The number of rotatable bonds is 4. The minimum absolute atomic E-state index is 0.0458. The predicted molar refractivity (Wildman–Crippen MR) is 113 cm³/mol. The summed E-state index contributed by atoms with van der Waals surface area (Å²) in [5, 5.41) is 41.3. The molecule has 1 aliphatic rings. The van der Waals surface area contributed by atoms with Gasteiger partial charge in [0.2, 0.25) is 5.75 Å². The number of benzene rings is 3. The van der Waals surface area contributed by atoms with Gasteiger partial charge in [-0.25, -0.2) is 4.79 Å². The summed E-state index contributed by atoms with van der Waals surface area (Å²) in [6, 6.07) is 10.1. The summed E-state index contributed by atoms with van der Waals surface area (Å²) in [6.45, 7) is -0.399. The lowest BCUT2D eigenvalue weighted by molar-refractivity contribution is 0.0396. The van der Waals surface area contributed by atoms with Crippen molar-refractivity contribution >= 4 is 21.7 Å². The number of methoxy groups -OCH3 is 1. The van der Waals surface area contributed by atoms with Gasteiger partial charge in [-0.3, -0.25) is 0 Å². The maximum atomic E-state index is 12.4. The Morgan fingerprint density at radius 3 is 2.56 bits per heavy atom. The van der Waals surface area contributed by atoms with Gasteiger partial charge in [0.25, 0.3) is 0 Å². The fraction of sp³-hybridized carbons (Fsp3) is 0.174. The number of hydrogen-bond acceptors (Lipinski definition) is 9. The lowest BCUT2D eigenvalue weighted by atomic mass is 10.0. The molecule has 0 bridgehead atoms. The van der Waals surface area contributed by atoms with Gasteiger partial charge in [0.05, 0.1) is 19.1 Å². The number of aromatic hydroxyl groups is 3. The van der Waals surface area contributed by atoms with Gasteiger partial charge < -0.3 is 39.1 Å². The first-order valence-electron chi connectivity index (χ1n) is 9.68. The second-order valence-corrected chi connectivity index (χ2v) is 7.32. The van der Waals surface area contributed by atoms with E-state index < -0.39 is 24.4 Å². The quantitative estimate of drug-likeness (QED) is 0.280. The summed E-state index contributed by atoms with van der Waals surface area (Å²) in [7, 11) is 1.38. The number of ether oxygens (including phenoxy) is 3. The molecule has 2 atom stereocenters. The van der Waals surface area contributed by atoms with E-state index in [0.29, 0.717) is 10.9 Å². The molecule has 2 unspecified atom stereocenters. The van der Waals surface area contributed by atoms with E-state index in [0.717, 1.165) is 0 Å². The maximum absolute atomic E-state index is 12.4. The monoisotopic (exact) mass is 438 g/mol. The van der Waals surface area contributed by atoms with Crippen molar-refractivity contribution in [2.45, 2.75) is 12.2 Å². The summed E-state index contributed by atoms with van der Waals surface area (Å²) in [5.41, 5.74) is -0.0542. The number of hydrogen-bond donors (Lipinski definition) is 4. The van der Waals surface area contributed by atoms with Gasteiger partial charge in [-0.15, -0.1) is 0 Å². The minimum Gasteiger partial charge on any atom is -0.508 e. The van der Waals surface area contributed by atoms with Crippen LogP contribution in [-0.4, -0.2) is 40.2 Å². The van der Waals surface area contributed by atoms with Crippen LogP contribution in [0.1, 0.15) is 11.7 Å². The van der Waals surface area contributed by atoms with Crippen molar-refractivity contribution in [3.8, 4) is 34.5 Å². The van der Waals surface area contributed by atoms with Gasteiger partial charge in [0.1, 0.15) is 11.3 Å². The molecule has 5 rings (SSSR count). The molecular formula is C23H18O9. The highest BCUT2D eigenvalue weighted by Gasteiger charge is 2.39. The zero-order valence-electron chi connectivity index (χ0n) is 16.7. The van der Waals surface area contributed by atoms with Crippen LogP contribution in [0.15, 0.2) is 51.7 Å². The van der Waals surface area contributed by atoms with Crippen LogP contribution in [-0.2, 0) is 0 Å². The van der Waals surface area contributed by atoms with Crippen LogP contribution in [0.4, 0.5) is 0 Å². The number of aliphatic hydroxyl groups is 1. The number of aliphatic hydroxyl groups excluding tert-OH is 1. The average molecular weight is 438 g/mol. The highest BCUT2D eigenvalue weighted by molar-refractivity contribution is 6.08. The van der Waals surface area contributed by atoms with Crippen LogP contribution in [0.3, 0.4) is 0 Å². The van der Waals surface area contributed by atoms with Gasteiger partial charge >= 0.3 is 5.63 Å². The first kappa shape index (κ1) is 19.8. The third-order valence-electron chi connectivity index (χ3n) is 5.47.